The van der Waals surface area contributed by atoms with Gasteiger partial charge in [0.15, 0.2) is 0 Å². The summed E-state index contributed by atoms with van der Waals surface area (Å²) in [5.74, 6) is 0.101. The van der Waals surface area contributed by atoms with Gasteiger partial charge < -0.3 is 10.4 Å². The van der Waals surface area contributed by atoms with Gasteiger partial charge in [-0.25, -0.2) is 0 Å². The third kappa shape index (κ3) is 4.19. The summed E-state index contributed by atoms with van der Waals surface area (Å²) >= 11 is 0. The second-order valence-electron chi connectivity index (χ2n) is 6.58. The number of rotatable bonds is 4. The van der Waals surface area contributed by atoms with E-state index in [9.17, 15) is 5.11 Å². The number of nitrogens with one attached hydrogen (secondary N) is 1. The van der Waals surface area contributed by atoms with Gasteiger partial charge in [-0.2, -0.15) is 0 Å². The standard InChI is InChI=1S/C18H25NO.ClH/c1-18(2,3)17(20)16(12-19-4)15-10-9-13-7-5-6-8-14(13)11-15;/h5-11,16-17,19-20H,12H2,1-4H3;1H/t16-,17+;/m1./s1. The van der Waals surface area contributed by atoms with Crippen LogP contribution in [-0.4, -0.2) is 24.8 Å². The van der Waals surface area contributed by atoms with Crippen LogP contribution in [0.25, 0.3) is 10.8 Å². The van der Waals surface area contributed by atoms with E-state index in [2.05, 4.69) is 68.6 Å². The van der Waals surface area contributed by atoms with Gasteiger partial charge in [0.1, 0.15) is 0 Å². The molecule has 2 aromatic rings. The quantitative estimate of drug-likeness (QED) is 0.895. The normalized spacial score (nSPS) is 14.5. The summed E-state index contributed by atoms with van der Waals surface area (Å²) in [6.45, 7) is 7.03. The molecule has 116 valence electrons. The molecule has 0 bridgehead atoms. The summed E-state index contributed by atoms with van der Waals surface area (Å²) in [7, 11) is 1.93. The van der Waals surface area contributed by atoms with Crippen LogP contribution in [0.1, 0.15) is 32.3 Å². The van der Waals surface area contributed by atoms with Gasteiger partial charge in [-0.05, 0) is 28.8 Å². The minimum absolute atomic E-state index is 0. The van der Waals surface area contributed by atoms with E-state index < -0.39 is 0 Å². The lowest BCUT2D eigenvalue weighted by Crippen LogP contribution is -2.37. The first kappa shape index (κ1) is 18.0. The van der Waals surface area contributed by atoms with Crippen molar-refractivity contribution < 1.29 is 5.11 Å². The van der Waals surface area contributed by atoms with Crippen LogP contribution in [-0.2, 0) is 0 Å². The van der Waals surface area contributed by atoms with Gasteiger partial charge in [-0.1, -0.05) is 63.2 Å². The average molecular weight is 308 g/mol. The zero-order valence-corrected chi connectivity index (χ0v) is 14.1. The van der Waals surface area contributed by atoms with Crippen LogP contribution in [0.15, 0.2) is 42.5 Å². The Hall–Kier alpha value is -1.09. The first-order valence-corrected chi connectivity index (χ1v) is 7.25. The smallest absolute Gasteiger partial charge is 0.0669 e. The number of hydrogen-bond donors (Lipinski definition) is 2. The van der Waals surface area contributed by atoms with Crippen molar-refractivity contribution in [2.24, 2.45) is 5.41 Å². The minimum Gasteiger partial charge on any atom is -0.392 e. The molecule has 0 spiro atoms. The van der Waals surface area contributed by atoms with E-state index in [0.717, 1.165) is 6.54 Å². The third-order valence-corrected chi connectivity index (χ3v) is 3.89. The van der Waals surface area contributed by atoms with E-state index in [1.165, 1.54) is 16.3 Å². The van der Waals surface area contributed by atoms with Gasteiger partial charge in [0, 0.05) is 12.5 Å². The Morgan fingerprint density at radius 3 is 2.24 bits per heavy atom. The topological polar surface area (TPSA) is 32.3 Å². The third-order valence-electron chi connectivity index (χ3n) is 3.89. The lowest BCUT2D eigenvalue weighted by Gasteiger charge is -2.33. The monoisotopic (exact) mass is 307 g/mol. The highest BCUT2D eigenvalue weighted by molar-refractivity contribution is 5.85. The van der Waals surface area contributed by atoms with Crippen molar-refractivity contribution in [3.8, 4) is 0 Å². The number of aliphatic hydroxyl groups is 1. The van der Waals surface area contributed by atoms with Gasteiger partial charge >= 0.3 is 0 Å². The first-order valence-electron chi connectivity index (χ1n) is 7.25. The summed E-state index contributed by atoms with van der Waals surface area (Å²) < 4.78 is 0. The van der Waals surface area contributed by atoms with Gasteiger partial charge in [0.05, 0.1) is 6.10 Å². The molecule has 2 rings (SSSR count). The second-order valence-corrected chi connectivity index (χ2v) is 6.58. The van der Waals surface area contributed by atoms with Crippen LogP contribution in [0.5, 0.6) is 0 Å². The fourth-order valence-electron chi connectivity index (χ4n) is 2.67. The molecule has 0 unspecified atom stereocenters. The van der Waals surface area contributed by atoms with Crippen LogP contribution in [0.4, 0.5) is 0 Å². The molecule has 0 aromatic heterocycles. The molecule has 21 heavy (non-hydrogen) atoms. The number of likely N-dealkylation sites (N-methyl/N-ethyl adjacent to an activating group) is 1. The van der Waals surface area contributed by atoms with Gasteiger partial charge in [0.2, 0.25) is 0 Å². The molecule has 2 aromatic carbocycles. The predicted octanol–water partition coefficient (Wildman–Crippen LogP) is 3.97. The highest BCUT2D eigenvalue weighted by Gasteiger charge is 2.31. The molecule has 0 fully saturated rings. The summed E-state index contributed by atoms with van der Waals surface area (Å²) in [5.41, 5.74) is 1.06. The number of benzene rings is 2. The van der Waals surface area contributed by atoms with E-state index in [4.69, 9.17) is 0 Å². The fraction of sp³-hybridized carbons (Fsp3) is 0.444. The lowest BCUT2D eigenvalue weighted by molar-refractivity contribution is 0.0389. The van der Waals surface area contributed by atoms with E-state index in [1.807, 2.05) is 7.05 Å². The Morgan fingerprint density at radius 2 is 1.67 bits per heavy atom. The second kappa shape index (κ2) is 7.26. The Morgan fingerprint density at radius 1 is 1.05 bits per heavy atom. The SMILES string of the molecule is CNC[C@H](c1ccc2ccccc2c1)[C@H](O)C(C)(C)C.Cl. The molecule has 0 amide bonds. The van der Waals surface area contributed by atoms with Crippen molar-refractivity contribution in [2.45, 2.75) is 32.8 Å². The first-order chi connectivity index (χ1) is 9.43. The zero-order chi connectivity index (χ0) is 14.8. The number of halogens is 1. The fourth-order valence-corrected chi connectivity index (χ4v) is 2.67. The predicted molar refractivity (Wildman–Crippen MR) is 93.3 cm³/mol. The van der Waals surface area contributed by atoms with Crippen molar-refractivity contribution >= 4 is 23.2 Å². The van der Waals surface area contributed by atoms with Crippen LogP contribution in [0.2, 0.25) is 0 Å². The van der Waals surface area contributed by atoms with E-state index >= 15 is 0 Å². The highest BCUT2D eigenvalue weighted by atomic mass is 35.5. The van der Waals surface area contributed by atoms with Crippen LogP contribution in [0, 0.1) is 5.41 Å². The Bertz CT molecular complexity index is 577. The van der Waals surface area contributed by atoms with Crippen molar-refractivity contribution in [3.63, 3.8) is 0 Å². The number of hydrogen-bond acceptors (Lipinski definition) is 2. The molecule has 0 saturated carbocycles. The van der Waals surface area contributed by atoms with Crippen LogP contribution >= 0.6 is 12.4 Å². The largest absolute Gasteiger partial charge is 0.392 e. The molecule has 2 atom stereocenters. The maximum absolute atomic E-state index is 10.7. The summed E-state index contributed by atoms with van der Waals surface area (Å²) in [5, 5.41) is 16.3. The van der Waals surface area contributed by atoms with Crippen LogP contribution < -0.4 is 5.32 Å². The Balaban J connectivity index is 0.00000220. The summed E-state index contributed by atoms with van der Waals surface area (Å²) in [4.78, 5) is 0. The van der Waals surface area contributed by atoms with Crippen LogP contribution in [0.3, 0.4) is 0 Å². The van der Waals surface area contributed by atoms with Gasteiger partial charge in [-0.15, -0.1) is 12.4 Å². The summed E-state index contributed by atoms with van der Waals surface area (Å²) in [6, 6.07) is 14.8. The van der Waals surface area contributed by atoms with Gasteiger partial charge in [-0.3, -0.25) is 0 Å². The zero-order valence-electron chi connectivity index (χ0n) is 13.3. The molecular formula is C18H26ClNO. The Labute approximate surface area is 134 Å². The maximum Gasteiger partial charge on any atom is 0.0669 e. The molecule has 0 heterocycles. The molecule has 0 aliphatic rings. The summed E-state index contributed by atoms with van der Waals surface area (Å²) in [6.07, 6.45) is -0.379. The lowest BCUT2D eigenvalue weighted by atomic mass is 9.78. The molecule has 0 aliphatic carbocycles. The van der Waals surface area contributed by atoms with Crippen molar-refractivity contribution in [3.05, 3.63) is 48.0 Å². The van der Waals surface area contributed by atoms with Gasteiger partial charge in [0.25, 0.3) is 0 Å². The molecule has 2 N–H and O–H groups in total. The average Bonchev–Trinajstić information content (AvgIpc) is 2.42. The maximum atomic E-state index is 10.7. The highest BCUT2D eigenvalue weighted by Crippen LogP contribution is 2.32. The van der Waals surface area contributed by atoms with E-state index in [1.54, 1.807) is 0 Å². The van der Waals surface area contributed by atoms with Crippen molar-refractivity contribution in [1.82, 2.24) is 5.32 Å². The molecule has 0 aliphatic heterocycles. The molecule has 2 nitrogen and oxygen atoms in total. The molecule has 0 saturated heterocycles. The molecular weight excluding hydrogens is 282 g/mol. The van der Waals surface area contributed by atoms with E-state index in [-0.39, 0.29) is 29.8 Å². The Kier molecular flexibility index (Phi) is 6.21. The van der Waals surface area contributed by atoms with E-state index in [0.29, 0.717) is 0 Å². The van der Waals surface area contributed by atoms with Crippen molar-refractivity contribution in [1.29, 1.82) is 0 Å². The molecule has 3 heteroatoms. The number of aliphatic hydroxyl groups excluding tert-OH is 1. The number of fused-ring (bicyclic) bond motifs is 1. The van der Waals surface area contributed by atoms with Crippen molar-refractivity contribution in [2.75, 3.05) is 13.6 Å². The molecule has 0 radical (unpaired) electrons. The minimum atomic E-state index is -0.379.